The summed E-state index contributed by atoms with van der Waals surface area (Å²) in [7, 11) is 0. The number of pyridine rings is 2. The molecule has 0 atom stereocenters. The zero-order valence-corrected chi connectivity index (χ0v) is 16.3. The van der Waals surface area contributed by atoms with E-state index in [1.165, 1.54) is 29.0 Å². The van der Waals surface area contributed by atoms with Gasteiger partial charge < -0.3 is 19.7 Å². The van der Waals surface area contributed by atoms with E-state index in [-0.39, 0.29) is 34.9 Å². The maximum Gasteiger partial charge on any atom is 0.290 e. The molecule has 0 aliphatic heterocycles. The van der Waals surface area contributed by atoms with E-state index in [4.69, 9.17) is 14.6 Å². The van der Waals surface area contributed by atoms with Crippen molar-refractivity contribution in [2.45, 2.75) is 20.4 Å². The van der Waals surface area contributed by atoms with Crippen LogP contribution in [-0.4, -0.2) is 27.0 Å². The molecule has 0 fully saturated rings. The molecule has 2 aromatic heterocycles. The number of carbonyl (C=O) groups is 2. The van der Waals surface area contributed by atoms with Crippen LogP contribution in [0.3, 0.4) is 0 Å². The van der Waals surface area contributed by atoms with Gasteiger partial charge in [-0.05, 0) is 50.2 Å². The largest absolute Gasteiger partial charge is 0.483 e. The summed E-state index contributed by atoms with van der Waals surface area (Å²) in [4.78, 5) is 37.5. The van der Waals surface area contributed by atoms with Gasteiger partial charge >= 0.3 is 0 Å². The van der Waals surface area contributed by atoms with Gasteiger partial charge in [-0.3, -0.25) is 14.4 Å². The lowest BCUT2D eigenvalue weighted by Crippen LogP contribution is -2.30. The molecule has 9 heteroatoms. The predicted octanol–water partition coefficient (Wildman–Crippen LogP) is 3.46. The van der Waals surface area contributed by atoms with Crippen molar-refractivity contribution in [1.82, 2.24) is 9.55 Å². The van der Waals surface area contributed by atoms with Crippen LogP contribution in [0.4, 0.5) is 10.1 Å². The Labute approximate surface area is 171 Å². The second-order valence-electron chi connectivity index (χ2n) is 5.89. The third kappa shape index (κ3) is 5.28. The summed E-state index contributed by atoms with van der Waals surface area (Å²) in [6, 6.07) is 12.2. The lowest BCUT2D eigenvalue weighted by atomic mass is 10.2. The highest BCUT2D eigenvalue weighted by atomic mass is 19.1. The SMILES string of the molecule is CCn1c(C)ccc(C(=O)Nc2cccnc2Oc2ccccc2F)c1=O.O=CO. The third-order valence-electron chi connectivity index (χ3n) is 4.02. The highest BCUT2D eigenvalue weighted by Crippen LogP contribution is 2.28. The second kappa shape index (κ2) is 10.5. The molecule has 30 heavy (non-hydrogen) atoms. The zero-order valence-electron chi connectivity index (χ0n) is 16.3. The van der Waals surface area contributed by atoms with Crippen LogP contribution in [0.2, 0.25) is 0 Å². The van der Waals surface area contributed by atoms with Gasteiger partial charge in [0.05, 0.1) is 0 Å². The number of carbonyl (C=O) groups excluding carboxylic acids is 1. The van der Waals surface area contributed by atoms with Gasteiger partial charge in [0.25, 0.3) is 17.9 Å². The van der Waals surface area contributed by atoms with Crippen molar-refractivity contribution in [2.24, 2.45) is 0 Å². The van der Waals surface area contributed by atoms with Crippen LogP contribution in [0.15, 0.2) is 59.5 Å². The Balaban J connectivity index is 0.00000101. The zero-order chi connectivity index (χ0) is 22.1. The first kappa shape index (κ1) is 22.3. The van der Waals surface area contributed by atoms with Gasteiger partial charge in [-0.15, -0.1) is 0 Å². The number of hydrogen-bond donors (Lipinski definition) is 2. The summed E-state index contributed by atoms with van der Waals surface area (Å²) in [6.07, 6.45) is 1.46. The molecule has 2 N–H and O–H groups in total. The van der Waals surface area contributed by atoms with E-state index in [0.717, 1.165) is 5.69 Å². The monoisotopic (exact) mass is 413 g/mol. The summed E-state index contributed by atoms with van der Waals surface area (Å²) < 4.78 is 20.8. The maximum atomic E-state index is 13.8. The van der Waals surface area contributed by atoms with E-state index in [9.17, 15) is 14.0 Å². The van der Waals surface area contributed by atoms with Crippen LogP contribution in [0, 0.1) is 12.7 Å². The van der Waals surface area contributed by atoms with Crippen molar-refractivity contribution in [3.05, 3.63) is 82.2 Å². The van der Waals surface area contributed by atoms with Crippen LogP contribution in [-0.2, 0) is 11.3 Å². The fourth-order valence-corrected chi connectivity index (χ4v) is 2.63. The number of aromatic nitrogens is 2. The Kier molecular flexibility index (Phi) is 7.81. The normalized spacial score (nSPS) is 9.83. The fraction of sp³-hybridized carbons (Fsp3) is 0.143. The minimum Gasteiger partial charge on any atom is -0.483 e. The molecular weight excluding hydrogens is 393 g/mol. The summed E-state index contributed by atoms with van der Waals surface area (Å²) in [5.41, 5.74) is 0.622. The van der Waals surface area contributed by atoms with Gasteiger partial charge in [0.1, 0.15) is 11.3 Å². The van der Waals surface area contributed by atoms with Crippen molar-refractivity contribution < 1.29 is 23.8 Å². The van der Waals surface area contributed by atoms with Crippen LogP contribution >= 0.6 is 0 Å². The molecule has 0 radical (unpaired) electrons. The number of anilines is 1. The van der Waals surface area contributed by atoms with Crippen molar-refractivity contribution in [2.75, 3.05) is 5.32 Å². The molecule has 0 spiro atoms. The number of rotatable bonds is 5. The van der Waals surface area contributed by atoms with Gasteiger partial charge in [-0.25, -0.2) is 9.37 Å². The predicted molar refractivity (Wildman–Crippen MR) is 108 cm³/mol. The molecular formula is C21H20FN3O5. The van der Waals surface area contributed by atoms with E-state index in [1.807, 2.05) is 6.92 Å². The van der Waals surface area contributed by atoms with E-state index in [0.29, 0.717) is 6.54 Å². The highest BCUT2D eigenvalue weighted by molar-refractivity contribution is 6.04. The smallest absolute Gasteiger partial charge is 0.290 e. The van der Waals surface area contributed by atoms with Crippen molar-refractivity contribution in [1.29, 1.82) is 0 Å². The molecule has 3 aromatic rings. The molecule has 1 aromatic carbocycles. The van der Waals surface area contributed by atoms with E-state index in [2.05, 4.69) is 10.3 Å². The quantitative estimate of drug-likeness (QED) is 0.620. The number of ether oxygens (including phenoxy) is 1. The molecule has 156 valence electrons. The summed E-state index contributed by atoms with van der Waals surface area (Å²) in [5.74, 6) is -1.13. The van der Waals surface area contributed by atoms with Gasteiger partial charge in [0.2, 0.25) is 5.88 Å². The van der Waals surface area contributed by atoms with Crippen LogP contribution in [0.5, 0.6) is 11.6 Å². The molecule has 1 amide bonds. The number of nitrogens with one attached hydrogen (secondary N) is 1. The van der Waals surface area contributed by atoms with Crippen molar-refractivity contribution in [3.63, 3.8) is 0 Å². The first-order valence-electron chi connectivity index (χ1n) is 8.90. The molecule has 0 saturated heterocycles. The number of hydrogen-bond acceptors (Lipinski definition) is 5. The average molecular weight is 413 g/mol. The lowest BCUT2D eigenvalue weighted by Gasteiger charge is -2.12. The Morgan fingerprint density at radius 1 is 1.23 bits per heavy atom. The number of carboxylic acid groups (broad SMARTS) is 1. The Hall–Kier alpha value is -4.01. The molecule has 0 unspecified atom stereocenters. The van der Waals surface area contributed by atoms with E-state index in [1.54, 1.807) is 37.3 Å². The summed E-state index contributed by atoms with van der Waals surface area (Å²) >= 11 is 0. The topological polar surface area (TPSA) is 111 Å². The molecule has 3 rings (SSSR count). The van der Waals surface area contributed by atoms with Gasteiger partial charge in [0.15, 0.2) is 11.6 Å². The third-order valence-corrected chi connectivity index (χ3v) is 4.02. The van der Waals surface area contributed by atoms with Crippen LogP contribution < -0.4 is 15.6 Å². The average Bonchev–Trinajstić information content (AvgIpc) is 2.72. The van der Waals surface area contributed by atoms with Crippen LogP contribution in [0.1, 0.15) is 23.0 Å². The van der Waals surface area contributed by atoms with Crippen LogP contribution in [0.25, 0.3) is 0 Å². The summed E-state index contributed by atoms with van der Waals surface area (Å²) in [6.45, 7) is 3.84. The van der Waals surface area contributed by atoms with E-state index >= 15 is 0 Å². The minimum atomic E-state index is -0.589. The fourth-order valence-electron chi connectivity index (χ4n) is 2.63. The molecule has 8 nitrogen and oxygen atoms in total. The Bertz CT molecular complexity index is 1100. The number of halogens is 1. The molecule has 0 bridgehead atoms. The van der Waals surface area contributed by atoms with Gasteiger partial charge in [-0.2, -0.15) is 0 Å². The standard InChI is InChI=1S/C20H18FN3O3.CH2O2/c1-3-24-13(2)10-11-14(20(24)26)18(25)23-16-8-6-12-22-19(16)27-17-9-5-4-7-15(17)21;2-1-3/h4-12H,3H2,1-2H3,(H,23,25);1H,(H,2,3). The molecule has 0 saturated carbocycles. The number of amides is 1. The number of para-hydroxylation sites is 1. The molecule has 0 aliphatic rings. The van der Waals surface area contributed by atoms with Gasteiger partial charge in [0, 0.05) is 18.4 Å². The molecule has 2 heterocycles. The lowest BCUT2D eigenvalue weighted by molar-refractivity contribution is -0.122. The van der Waals surface area contributed by atoms with Crippen molar-refractivity contribution >= 4 is 18.1 Å². The first-order chi connectivity index (χ1) is 14.4. The maximum absolute atomic E-state index is 13.8. The first-order valence-corrected chi connectivity index (χ1v) is 8.90. The van der Waals surface area contributed by atoms with E-state index < -0.39 is 11.7 Å². The number of benzene rings is 1. The number of nitrogens with zero attached hydrogens (tertiary/aromatic N) is 2. The molecule has 0 aliphatic carbocycles. The Morgan fingerprint density at radius 3 is 2.60 bits per heavy atom. The minimum absolute atomic E-state index is 0.00291. The van der Waals surface area contributed by atoms with Gasteiger partial charge in [-0.1, -0.05) is 12.1 Å². The number of aryl methyl sites for hydroxylation is 1. The highest BCUT2D eigenvalue weighted by Gasteiger charge is 2.16. The second-order valence-corrected chi connectivity index (χ2v) is 5.89. The van der Waals surface area contributed by atoms with Crippen molar-refractivity contribution in [3.8, 4) is 11.6 Å². The Morgan fingerprint density at radius 2 is 1.93 bits per heavy atom. The summed E-state index contributed by atoms with van der Waals surface area (Å²) in [5, 5.41) is 9.50.